The largest absolute Gasteiger partial charge is 0.384 e. The highest BCUT2D eigenvalue weighted by Crippen LogP contribution is 2.24. The highest BCUT2D eigenvalue weighted by Gasteiger charge is 2.14. The van der Waals surface area contributed by atoms with Crippen LogP contribution >= 0.6 is 0 Å². The number of fused-ring (bicyclic) bond motifs is 1. The number of aryl methyl sites for hydroxylation is 1. The molecule has 0 saturated carbocycles. The van der Waals surface area contributed by atoms with Crippen LogP contribution in [0.1, 0.15) is 34.0 Å². The normalized spacial score (nSPS) is 12.9. The Morgan fingerprint density at radius 3 is 2.58 bits per heavy atom. The van der Waals surface area contributed by atoms with Gasteiger partial charge in [0.1, 0.15) is 0 Å². The van der Waals surface area contributed by atoms with E-state index < -0.39 is 0 Å². The molecule has 0 aliphatic carbocycles. The van der Waals surface area contributed by atoms with E-state index in [2.05, 4.69) is 12.2 Å². The summed E-state index contributed by atoms with van der Waals surface area (Å²) in [6, 6.07) is 13.8. The van der Waals surface area contributed by atoms with Gasteiger partial charge < -0.3 is 5.32 Å². The molecule has 2 nitrogen and oxygen atoms in total. The molecule has 0 aromatic heterocycles. The van der Waals surface area contributed by atoms with Crippen LogP contribution in [0, 0.1) is 0 Å². The average Bonchev–Trinajstić information content (AvgIpc) is 2.94. The van der Waals surface area contributed by atoms with Crippen LogP contribution in [0.3, 0.4) is 0 Å². The standard InChI is InChI=1S/C17H17NO/c1-2-12-3-5-13(6-4-12)17(19)15-7-8-16-14(11-15)9-10-18-16/h3-8,11,18H,2,9-10H2,1H3. The van der Waals surface area contributed by atoms with E-state index in [9.17, 15) is 4.79 Å². The third-order valence-corrected chi connectivity index (χ3v) is 3.70. The molecule has 2 heteroatoms. The van der Waals surface area contributed by atoms with Gasteiger partial charge in [-0.05, 0) is 42.2 Å². The zero-order valence-electron chi connectivity index (χ0n) is 11.1. The summed E-state index contributed by atoms with van der Waals surface area (Å²) in [5, 5.41) is 3.31. The van der Waals surface area contributed by atoms with Gasteiger partial charge in [0.2, 0.25) is 0 Å². The van der Waals surface area contributed by atoms with Gasteiger partial charge in [-0.15, -0.1) is 0 Å². The van der Waals surface area contributed by atoms with Gasteiger partial charge in [-0.25, -0.2) is 0 Å². The van der Waals surface area contributed by atoms with Gasteiger partial charge in [-0.3, -0.25) is 4.79 Å². The Hall–Kier alpha value is -2.09. The highest BCUT2D eigenvalue weighted by molar-refractivity contribution is 6.09. The monoisotopic (exact) mass is 251 g/mol. The molecule has 2 aromatic rings. The zero-order valence-corrected chi connectivity index (χ0v) is 11.1. The third kappa shape index (κ3) is 2.26. The van der Waals surface area contributed by atoms with Gasteiger partial charge >= 0.3 is 0 Å². The van der Waals surface area contributed by atoms with E-state index in [4.69, 9.17) is 0 Å². The maximum absolute atomic E-state index is 12.4. The fraction of sp³-hybridized carbons (Fsp3) is 0.235. The molecule has 1 heterocycles. The molecule has 0 radical (unpaired) electrons. The van der Waals surface area contributed by atoms with Crippen molar-refractivity contribution in [3.8, 4) is 0 Å². The summed E-state index contributed by atoms with van der Waals surface area (Å²) >= 11 is 0. The summed E-state index contributed by atoms with van der Waals surface area (Å²) in [4.78, 5) is 12.4. The zero-order chi connectivity index (χ0) is 13.2. The molecule has 0 unspecified atom stereocenters. The van der Waals surface area contributed by atoms with Gasteiger partial charge in [0, 0.05) is 23.4 Å². The Morgan fingerprint density at radius 2 is 1.84 bits per heavy atom. The predicted octanol–water partition coefficient (Wildman–Crippen LogP) is 3.45. The average molecular weight is 251 g/mol. The lowest BCUT2D eigenvalue weighted by Gasteiger charge is -2.05. The number of ketones is 1. The van der Waals surface area contributed by atoms with Crippen LogP contribution in [-0.4, -0.2) is 12.3 Å². The van der Waals surface area contributed by atoms with Crippen molar-refractivity contribution in [2.45, 2.75) is 19.8 Å². The first kappa shape index (κ1) is 12.0. The summed E-state index contributed by atoms with van der Waals surface area (Å²) < 4.78 is 0. The second-order valence-corrected chi connectivity index (χ2v) is 4.93. The van der Waals surface area contributed by atoms with Gasteiger partial charge in [0.25, 0.3) is 0 Å². The number of carbonyl (C=O) groups excluding carboxylic acids is 1. The van der Waals surface area contributed by atoms with Gasteiger partial charge in [-0.1, -0.05) is 31.2 Å². The van der Waals surface area contributed by atoms with Crippen molar-refractivity contribution >= 4 is 11.5 Å². The fourth-order valence-corrected chi connectivity index (χ4v) is 2.50. The predicted molar refractivity (Wildman–Crippen MR) is 77.9 cm³/mol. The molecule has 0 saturated heterocycles. The van der Waals surface area contributed by atoms with Crippen LogP contribution in [-0.2, 0) is 12.8 Å². The van der Waals surface area contributed by atoms with E-state index >= 15 is 0 Å². The quantitative estimate of drug-likeness (QED) is 0.847. The summed E-state index contributed by atoms with van der Waals surface area (Å²) in [5.41, 5.74) is 5.22. The van der Waals surface area contributed by atoms with Crippen molar-refractivity contribution in [3.05, 3.63) is 64.7 Å². The molecule has 0 spiro atoms. The van der Waals surface area contributed by atoms with Crippen molar-refractivity contribution in [2.75, 3.05) is 11.9 Å². The third-order valence-electron chi connectivity index (χ3n) is 3.70. The summed E-state index contributed by atoms with van der Waals surface area (Å²) in [6.45, 7) is 3.09. The molecular weight excluding hydrogens is 234 g/mol. The lowest BCUT2D eigenvalue weighted by atomic mass is 9.99. The minimum absolute atomic E-state index is 0.109. The molecule has 0 bridgehead atoms. The Labute approximate surface area is 113 Å². The number of nitrogens with one attached hydrogen (secondary N) is 1. The van der Waals surface area contributed by atoms with Crippen molar-refractivity contribution in [1.29, 1.82) is 0 Å². The maximum atomic E-state index is 12.4. The lowest BCUT2D eigenvalue weighted by Crippen LogP contribution is -2.02. The minimum atomic E-state index is 0.109. The van der Waals surface area contributed by atoms with Crippen molar-refractivity contribution in [2.24, 2.45) is 0 Å². The Kier molecular flexibility index (Phi) is 3.08. The van der Waals surface area contributed by atoms with Gasteiger partial charge in [0.05, 0.1) is 0 Å². The first-order valence-corrected chi connectivity index (χ1v) is 6.78. The van der Waals surface area contributed by atoms with Crippen molar-refractivity contribution in [3.63, 3.8) is 0 Å². The summed E-state index contributed by atoms with van der Waals surface area (Å²) in [6.07, 6.45) is 2.00. The van der Waals surface area contributed by atoms with Gasteiger partial charge in [0.15, 0.2) is 5.78 Å². The number of hydrogen-bond acceptors (Lipinski definition) is 2. The van der Waals surface area contributed by atoms with Crippen molar-refractivity contribution < 1.29 is 4.79 Å². The lowest BCUT2D eigenvalue weighted by molar-refractivity contribution is 0.103. The second kappa shape index (κ2) is 4.88. The van der Waals surface area contributed by atoms with Crippen molar-refractivity contribution in [1.82, 2.24) is 0 Å². The fourth-order valence-electron chi connectivity index (χ4n) is 2.50. The van der Waals surface area contributed by atoms with Gasteiger partial charge in [-0.2, -0.15) is 0 Å². The molecule has 0 amide bonds. The molecule has 1 aliphatic heterocycles. The smallest absolute Gasteiger partial charge is 0.193 e. The van der Waals surface area contributed by atoms with Crippen LogP contribution < -0.4 is 5.32 Å². The SMILES string of the molecule is CCc1ccc(C(=O)c2ccc3c(c2)CCN3)cc1. The van der Waals surface area contributed by atoms with E-state index in [1.807, 2.05) is 42.5 Å². The minimum Gasteiger partial charge on any atom is -0.384 e. The summed E-state index contributed by atoms with van der Waals surface area (Å²) in [7, 11) is 0. The number of anilines is 1. The van der Waals surface area contributed by atoms with E-state index in [1.54, 1.807) is 0 Å². The van der Waals surface area contributed by atoms with Crippen LogP contribution in [0.5, 0.6) is 0 Å². The summed E-state index contributed by atoms with van der Waals surface area (Å²) in [5.74, 6) is 0.109. The van der Waals surface area contributed by atoms with E-state index in [0.29, 0.717) is 0 Å². The maximum Gasteiger partial charge on any atom is 0.193 e. The first-order valence-electron chi connectivity index (χ1n) is 6.78. The Balaban J connectivity index is 1.90. The molecule has 0 fully saturated rings. The van der Waals surface area contributed by atoms with Crippen LogP contribution in [0.25, 0.3) is 0 Å². The molecule has 96 valence electrons. The number of hydrogen-bond donors (Lipinski definition) is 1. The van der Waals surface area contributed by atoms with Crippen LogP contribution in [0.2, 0.25) is 0 Å². The Morgan fingerprint density at radius 1 is 1.11 bits per heavy atom. The topological polar surface area (TPSA) is 29.1 Å². The molecular formula is C17H17NO. The van der Waals surface area contributed by atoms with Crippen LogP contribution in [0.4, 0.5) is 5.69 Å². The number of carbonyl (C=O) groups is 1. The van der Waals surface area contributed by atoms with E-state index in [0.717, 1.165) is 36.2 Å². The molecule has 1 N–H and O–H groups in total. The molecule has 2 aromatic carbocycles. The molecule has 19 heavy (non-hydrogen) atoms. The van der Waals surface area contributed by atoms with Crippen LogP contribution in [0.15, 0.2) is 42.5 Å². The number of benzene rings is 2. The second-order valence-electron chi connectivity index (χ2n) is 4.93. The number of rotatable bonds is 3. The molecule has 1 aliphatic rings. The molecule has 3 rings (SSSR count). The Bertz CT molecular complexity index is 614. The van der Waals surface area contributed by atoms with E-state index in [1.165, 1.54) is 11.1 Å². The molecule has 0 atom stereocenters. The van der Waals surface area contributed by atoms with E-state index in [-0.39, 0.29) is 5.78 Å². The first-order chi connectivity index (χ1) is 9.28. The highest BCUT2D eigenvalue weighted by atomic mass is 16.1.